The van der Waals surface area contributed by atoms with Gasteiger partial charge < -0.3 is 26.0 Å². The molecule has 0 saturated carbocycles. The molecule has 0 aliphatic carbocycles. The average Bonchev–Trinajstić information content (AvgIpc) is 3.12. The number of rotatable bonds is 9. The van der Waals surface area contributed by atoms with Crippen molar-refractivity contribution in [3.05, 3.63) is 64.0 Å². The van der Waals surface area contributed by atoms with Crippen molar-refractivity contribution in [2.45, 2.75) is 13.0 Å². The second-order valence-corrected chi connectivity index (χ2v) is 8.84. The fourth-order valence-electron chi connectivity index (χ4n) is 3.35. The topological polar surface area (TPSA) is 110 Å². The number of carbonyl (C=O) groups excluding carboxylic acids is 2. The maximum absolute atomic E-state index is 14.0. The number of likely N-dealkylation sites (N-methyl/N-ethyl adjacent to an activating group) is 1. The van der Waals surface area contributed by atoms with Crippen LogP contribution in [0.2, 0.25) is 0 Å². The summed E-state index contributed by atoms with van der Waals surface area (Å²) in [5.74, 6) is -2.96. The quantitative estimate of drug-likeness (QED) is 0.384. The van der Waals surface area contributed by atoms with E-state index in [1.54, 1.807) is 18.2 Å². The Kier molecular flexibility index (Phi) is 7.79. The van der Waals surface area contributed by atoms with E-state index in [0.717, 1.165) is 23.5 Å². The van der Waals surface area contributed by atoms with Crippen molar-refractivity contribution in [1.82, 2.24) is 15.2 Å². The van der Waals surface area contributed by atoms with Gasteiger partial charge in [-0.25, -0.2) is 13.8 Å². The van der Waals surface area contributed by atoms with Crippen LogP contribution in [-0.4, -0.2) is 55.4 Å². The van der Waals surface area contributed by atoms with Gasteiger partial charge in [0, 0.05) is 27.2 Å². The van der Waals surface area contributed by atoms with Crippen LogP contribution in [-0.2, 0) is 0 Å². The highest BCUT2D eigenvalue weighted by atomic mass is 32.1. The third-order valence-corrected chi connectivity index (χ3v) is 5.75. The van der Waals surface area contributed by atoms with Gasteiger partial charge in [-0.1, -0.05) is 17.4 Å². The summed E-state index contributed by atoms with van der Waals surface area (Å²) in [7, 11) is 5.28. The molecule has 34 heavy (non-hydrogen) atoms. The number of hydrogen-bond donors (Lipinski definition) is 3. The van der Waals surface area contributed by atoms with Crippen LogP contribution in [0.25, 0.3) is 0 Å². The number of nitrogens with one attached hydrogen (secondary N) is 2. The van der Waals surface area contributed by atoms with E-state index in [-0.39, 0.29) is 30.6 Å². The second-order valence-electron chi connectivity index (χ2n) is 7.84. The molecule has 11 heteroatoms. The molecule has 3 rings (SSSR count). The van der Waals surface area contributed by atoms with Crippen molar-refractivity contribution >= 4 is 39.7 Å². The summed E-state index contributed by atoms with van der Waals surface area (Å²) in [6.45, 7) is 2.58. The Hall–Kier alpha value is -3.57. The van der Waals surface area contributed by atoms with Crippen LogP contribution in [0.15, 0.2) is 36.4 Å². The van der Waals surface area contributed by atoms with Gasteiger partial charge in [-0.3, -0.25) is 9.59 Å². The summed E-state index contributed by atoms with van der Waals surface area (Å²) < 4.78 is 33.4. The zero-order valence-electron chi connectivity index (χ0n) is 19.1. The Bertz CT molecular complexity index is 1210. The Morgan fingerprint density at radius 1 is 1.24 bits per heavy atom. The number of amides is 1. The van der Waals surface area contributed by atoms with Crippen LogP contribution in [0, 0.1) is 11.6 Å². The molecule has 8 nitrogen and oxygen atoms in total. The molecule has 3 aromatic rings. The molecule has 184 valence electrons. The van der Waals surface area contributed by atoms with E-state index in [2.05, 4.69) is 15.6 Å². The van der Waals surface area contributed by atoms with Crippen LogP contribution >= 0.6 is 11.3 Å². The molecule has 1 amide bonds. The minimum absolute atomic E-state index is 0. The van der Waals surface area contributed by atoms with E-state index in [0.29, 0.717) is 23.5 Å². The zero-order chi connectivity index (χ0) is 25.0. The molecule has 0 spiro atoms. The first-order valence-corrected chi connectivity index (χ1v) is 11.1. The van der Waals surface area contributed by atoms with Crippen molar-refractivity contribution in [1.29, 1.82) is 0 Å². The van der Waals surface area contributed by atoms with E-state index >= 15 is 0 Å². The van der Waals surface area contributed by atoms with Crippen molar-refractivity contribution in [3.63, 3.8) is 0 Å². The highest BCUT2D eigenvalue weighted by Crippen LogP contribution is 2.32. The Balaban J connectivity index is 0.00000324. The number of nitrogens with zero attached hydrogens (tertiary/aromatic N) is 2. The van der Waals surface area contributed by atoms with Crippen molar-refractivity contribution in [3.8, 4) is 5.75 Å². The van der Waals surface area contributed by atoms with Crippen molar-refractivity contribution < 1.29 is 26.0 Å². The first-order chi connectivity index (χ1) is 16.1. The maximum Gasteiger partial charge on any atom is 0.255 e. The molecule has 1 heterocycles. The van der Waals surface area contributed by atoms with Gasteiger partial charge in [0.25, 0.3) is 5.91 Å². The van der Waals surface area contributed by atoms with Crippen molar-refractivity contribution in [2.75, 3.05) is 38.8 Å². The van der Waals surface area contributed by atoms with Gasteiger partial charge in [0.1, 0.15) is 28.1 Å². The monoisotopic (exact) mass is 493 g/mol. The van der Waals surface area contributed by atoms with E-state index in [9.17, 15) is 18.4 Å². The first-order valence-electron chi connectivity index (χ1n) is 10.3. The minimum Gasteiger partial charge on any atom is -0.496 e. The number of halogens is 2. The summed E-state index contributed by atoms with van der Waals surface area (Å²) in [4.78, 5) is 31.3. The fraction of sp³-hybridized carbons (Fsp3) is 0.261. The van der Waals surface area contributed by atoms with Crippen LogP contribution in [0.1, 0.15) is 35.4 Å². The molecule has 0 fully saturated rings. The van der Waals surface area contributed by atoms with E-state index in [4.69, 9.17) is 10.5 Å². The molecule has 0 radical (unpaired) electrons. The number of aromatic nitrogens is 1. The van der Waals surface area contributed by atoms with E-state index in [1.165, 1.54) is 13.2 Å². The average molecular weight is 494 g/mol. The lowest BCUT2D eigenvalue weighted by molar-refractivity contribution is 0.0930. The predicted octanol–water partition coefficient (Wildman–Crippen LogP) is 4.16. The van der Waals surface area contributed by atoms with E-state index in [1.807, 2.05) is 25.9 Å². The molecule has 2 aromatic carbocycles. The van der Waals surface area contributed by atoms with Crippen LogP contribution < -0.4 is 21.1 Å². The molecule has 0 aliphatic rings. The van der Waals surface area contributed by atoms with Gasteiger partial charge in [-0.2, -0.15) is 0 Å². The van der Waals surface area contributed by atoms with Crippen LogP contribution in [0.4, 0.5) is 25.4 Å². The van der Waals surface area contributed by atoms with Gasteiger partial charge in [-0.15, -0.1) is 0 Å². The Morgan fingerprint density at radius 2 is 1.91 bits per heavy atom. The summed E-state index contributed by atoms with van der Waals surface area (Å²) >= 11 is 0.858. The number of benzene rings is 2. The zero-order valence-corrected chi connectivity index (χ0v) is 19.9. The highest BCUT2D eigenvalue weighted by Gasteiger charge is 2.24. The molecule has 0 aliphatic heterocycles. The summed E-state index contributed by atoms with van der Waals surface area (Å²) in [6, 6.07) is 7.93. The second kappa shape index (κ2) is 10.6. The lowest BCUT2D eigenvalue weighted by Gasteiger charge is -2.19. The first kappa shape index (κ1) is 25.1. The molecule has 1 unspecified atom stereocenters. The number of hydrogen-bond acceptors (Lipinski definition) is 8. The predicted molar refractivity (Wildman–Crippen MR) is 132 cm³/mol. The SMILES string of the molecule is COc1cc(Nc2nc(N)c(C(=O)c3c(F)cccc3F)s2)ccc1C(=O)NC(C)CN(C)C.[HH].[HH]. The van der Waals surface area contributed by atoms with Crippen LogP contribution in [0.5, 0.6) is 5.75 Å². The summed E-state index contributed by atoms with van der Waals surface area (Å²) in [5.41, 5.74) is 6.02. The fourth-order valence-corrected chi connectivity index (χ4v) is 4.20. The lowest BCUT2D eigenvalue weighted by atomic mass is 10.1. The number of nitrogens with two attached hydrogens (primary N) is 1. The Morgan fingerprint density at radius 3 is 2.53 bits per heavy atom. The van der Waals surface area contributed by atoms with Gasteiger partial charge in [0.05, 0.1) is 18.2 Å². The van der Waals surface area contributed by atoms with Gasteiger partial charge in [0.2, 0.25) is 5.78 Å². The number of ether oxygens (including phenoxy) is 1. The smallest absolute Gasteiger partial charge is 0.255 e. The number of methoxy groups -OCH3 is 1. The number of nitrogen functional groups attached to an aromatic ring is 1. The molecule has 4 N–H and O–H groups in total. The summed E-state index contributed by atoms with van der Waals surface area (Å²) in [5, 5.41) is 6.12. The number of carbonyl (C=O) groups is 2. The number of ketones is 1. The Labute approximate surface area is 202 Å². The standard InChI is InChI=1S/C23H25F2N5O3S.2H2/c1-12(11-30(2)3)27-22(32)14-9-8-13(10-17(14)33-4)28-23-29-21(26)20(34-23)19(31)18-15(24)6-5-7-16(18)25;;/h5-10,12H,11,26H2,1-4H3,(H,27,32)(H,28,29);2*1H. The van der Waals surface area contributed by atoms with E-state index < -0.39 is 23.0 Å². The molecular weight excluding hydrogens is 464 g/mol. The number of anilines is 3. The highest BCUT2D eigenvalue weighted by molar-refractivity contribution is 7.18. The van der Waals surface area contributed by atoms with Crippen LogP contribution in [0.3, 0.4) is 0 Å². The molecule has 1 aromatic heterocycles. The third-order valence-electron chi connectivity index (χ3n) is 4.76. The number of thiazole rings is 1. The molecule has 0 saturated heterocycles. The van der Waals surface area contributed by atoms with Gasteiger partial charge >= 0.3 is 0 Å². The maximum atomic E-state index is 14.0. The van der Waals surface area contributed by atoms with Gasteiger partial charge in [-0.05, 0) is 45.3 Å². The molecule has 0 bridgehead atoms. The normalized spacial score (nSPS) is 11.9. The van der Waals surface area contributed by atoms with Crippen molar-refractivity contribution in [2.24, 2.45) is 0 Å². The molecule has 1 atom stereocenters. The minimum atomic E-state index is -0.981. The lowest BCUT2D eigenvalue weighted by Crippen LogP contribution is -2.39. The third kappa shape index (κ3) is 5.67. The van der Waals surface area contributed by atoms with Gasteiger partial charge in [0.15, 0.2) is 5.13 Å². The summed E-state index contributed by atoms with van der Waals surface area (Å²) in [6.07, 6.45) is 0. The molecular formula is C23H29F2N5O3S. The largest absolute Gasteiger partial charge is 0.496 e.